The number of hydrogen-bond acceptors (Lipinski definition) is 3. The van der Waals surface area contributed by atoms with E-state index in [2.05, 4.69) is 10.3 Å². The lowest BCUT2D eigenvalue weighted by Crippen LogP contribution is -2.43. The summed E-state index contributed by atoms with van der Waals surface area (Å²) in [5, 5.41) is 3.05. The van der Waals surface area contributed by atoms with Gasteiger partial charge >= 0.3 is 0 Å². The van der Waals surface area contributed by atoms with Gasteiger partial charge in [0, 0.05) is 13.0 Å². The molecule has 1 atom stereocenters. The molecule has 0 aromatic carbocycles. The Bertz CT molecular complexity index is 255. The molecule has 1 aromatic heterocycles. The van der Waals surface area contributed by atoms with Gasteiger partial charge in [0.25, 0.3) is 0 Å². The molecule has 2 heterocycles. The summed E-state index contributed by atoms with van der Waals surface area (Å²) in [5.74, 6) is 0.631. The van der Waals surface area contributed by atoms with Gasteiger partial charge in [-0.3, -0.25) is 0 Å². The van der Waals surface area contributed by atoms with Gasteiger partial charge in [0.05, 0.1) is 6.20 Å². The second-order valence-corrected chi connectivity index (χ2v) is 3.58. The molecular weight excluding hydrogens is 171 g/mol. The van der Waals surface area contributed by atoms with Crippen LogP contribution in [-0.2, 0) is 6.42 Å². The highest BCUT2D eigenvalue weighted by Crippen LogP contribution is 2.25. The zero-order valence-electron chi connectivity index (χ0n) is 7.42. The Morgan fingerprint density at radius 2 is 2.62 bits per heavy atom. The molecule has 0 saturated carbocycles. The third-order valence-electron chi connectivity index (χ3n) is 2.39. The summed E-state index contributed by atoms with van der Waals surface area (Å²) < 4.78 is 19.0. The largest absolute Gasteiger partial charge is 0.448 e. The highest BCUT2D eigenvalue weighted by molar-refractivity contribution is 4.99. The summed E-state index contributed by atoms with van der Waals surface area (Å²) in [4.78, 5) is 3.77. The second-order valence-electron chi connectivity index (χ2n) is 3.58. The van der Waals surface area contributed by atoms with E-state index in [1.165, 1.54) is 6.39 Å². The van der Waals surface area contributed by atoms with Crippen LogP contribution in [0.25, 0.3) is 0 Å². The number of halogens is 1. The molecule has 0 bridgehead atoms. The number of nitrogens with zero attached hydrogens (tertiary/aromatic N) is 1. The highest BCUT2D eigenvalue weighted by atomic mass is 19.1. The van der Waals surface area contributed by atoms with Gasteiger partial charge in [0.15, 0.2) is 6.39 Å². The fourth-order valence-corrected chi connectivity index (χ4v) is 1.72. The Balaban J connectivity index is 1.99. The maximum atomic E-state index is 14.0. The summed E-state index contributed by atoms with van der Waals surface area (Å²) >= 11 is 0. The first-order chi connectivity index (χ1) is 6.29. The Hall–Kier alpha value is -0.900. The molecule has 0 spiro atoms. The standard InChI is InChI=1S/C9H13FN2O/c10-9(2-1-3-11-6-9)4-8-5-12-7-13-8/h5,7,11H,1-4,6H2. The van der Waals surface area contributed by atoms with Crippen LogP contribution in [0.5, 0.6) is 0 Å². The van der Waals surface area contributed by atoms with Crippen molar-refractivity contribution in [1.82, 2.24) is 10.3 Å². The Morgan fingerprint density at radius 1 is 1.69 bits per heavy atom. The van der Waals surface area contributed by atoms with Crippen molar-refractivity contribution < 1.29 is 8.81 Å². The zero-order chi connectivity index (χ0) is 9.15. The van der Waals surface area contributed by atoms with Crippen LogP contribution in [0.4, 0.5) is 4.39 Å². The molecule has 13 heavy (non-hydrogen) atoms. The Morgan fingerprint density at radius 3 is 3.23 bits per heavy atom. The minimum Gasteiger partial charge on any atom is -0.448 e. The van der Waals surface area contributed by atoms with E-state index in [0.29, 0.717) is 25.1 Å². The molecule has 1 unspecified atom stereocenters. The predicted octanol–water partition coefficient (Wildman–Crippen LogP) is 1.31. The molecule has 1 N–H and O–H groups in total. The van der Waals surface area contributed by atoms with Gasteiger partial charge in [-0.05, 0) is 19.4 Å². The van der Waals surface area contributed by atoms with Gasteiger partial charge < -0.3 is 9.73 Å². The number of aromatic nitrogens is 1. The lowest BCUT2D eigenvalue weighted by molar-refractivity contribution is 0.115. The molecule has 0 aliphatic carbocycles. The minimum atomic E-state index is -1.14. The van der Waals surface area contributed by atoms with E-state index in [-0.39, 0.29) is 0 Å². The predicted molar refractivity (Wildman–Crippen MR) is 46.1 cm³/mol. The van der Waals surface area contributed by atoms with E-state index >= 15 is 0 Å². The van der Waals surface area contributed by atoms with Crippen molar-refractivity contribution in [1.29, 1.82) is 0 Å². The average Bonchev–Trinajstić information content (AvgIpc) is 2.57. The summed E-state index contributed by atoms with van der Waals surface area (Å²) in [5.41, 5.74) is -1.14. The quantitative estimate of drug-likeness (QED) is 0.753. The fourth-order valence-electron chi connectivity index (χ4n) is 1.72. The maximum absolute atomic E-state index is 14.0. The third kappa shape index (κ3) is 2.06. The van der Waals surface area contributed by atoms with Crippen LogP contribution in [0.2, 0.25) is 0 Å². The van der Waals surface area contributed by atoms with Crippen molar-refractivity contribution in [3.63, 3.8) is 0 Å². The Labute approximate surface area is 76.3 Å². The SMILES string of the molecule is FC1(Cc2cnco2)CCCNC1. The van der Waals surface area contributed by atoms with Crippen LogP contribution in [0.3, 0.4) is 0 Å². The first-order valence-electron chi connectivity index (χ1n) is 4.56. The summed E-state index contributed by atoms with van der Waals surface area (Å²) in [6, 6.07) is 0. The van der Waals surface area contributed by atoms with Crippen molar-refractivity contribution >= 4 is 0 Å². The number of rotatable bonds is 2. The topological polar surface area (TPSA) is 38.1 Å². The summed E-state index contributed by atoms with van der Waals surface area (Å²) in [6.45, 7) is 1.34. The molecule has 1 aromatic rings. The van der Waals surface area contributed by atoms with Crippen LogP contribution in [-0.4, -0.2) is 23.7 Å². The van der Waals surface area contributed by atoms with E-state index in [1.807, 2.05) is 0 Å². The number of nitrogens with one attached hydrogen (secondary N) is 1. The van der Waals surface area contributed by atoms with Crippen molar-refractivity contribution in [2.45, 2.75) is 24.9 Å². The first kappa shape index (κ1) is 8.69. The van der Waals surface area contributed by atoms with Gasteiger partial charge in [-0.25, -0.2) is 9.37 Å². The van der Waals surface area contributed by atoms with E-state index in [9.17, 15) is 4.39 Å². The first-order valence-corrected chi connectivity index (χ1v) is 4.56. The summed E-state index contributed by atoms with van der Waals surface area (Å²) in [7, 11) is 0. The number of piperidine rings is 1. The summed E-state index contributed by atoms with van der Waals surface area (Å²) in [6.07, 6.45) is 4.76. The second kappa shape index (κ2) is 3.46. The maximum Gasteiger partial charge on any atom is 0.180 e. The number of alkyl halides is 1. The van der Waals surface area contributed by atoms with Gasteiger partial charge in [0.1, 0.15) is 11.4 Å². The fraction of sp³-hybridized carbons (Fsp3) is 0.667. The van der Waals surface area contributed by atoms with E-state index in [4.69, 9.17) is 4.42 Å². The number of oxazole rings is 1. The smallest absolute Gasteiger partial charge is 0.180 e. The van der Waals surface area contributed by atoms with Crippen LogP contribution < -0.4 is 5.32 Å². The highest BCUT2D eigenvalue weighted by Gasteiger charge is 2.32. The van der Waals surface area contributed by atoms with Crippen molar-refractivity contribution in [2.75, 3.05) is 13.1 Å². The third-order valence-corrected chi connectivity index (χ3v) is 2.39. The molecule has 1 saturated heterocycles. The van der Waals surface area contributed by atoms with Crippen molar-refractivity contribution in [2.24, 2.45) is 0 Å². The van der Waals surface area contributed by atoms with Gasteiger partial charge in [-0.2, -0.15) is 0 Å². The van der Waals surface area contributed by atoms with Gasteiger partial charge in [-0.15, -0.1) is 0 Å². The van der Waals surface area contributed by atoms with Gasteiger partial charge in [-0.1, -0.05) is 0 Å². The number of hydrogen-bond donors (Lipinski definition) is 1. The minimum absolute atomic E-state index is 0.333. The van der Waals surface area contributed by atoms with Crippen LogP contribution in [0.1, 0.15) is 18.6 Å². The molecule has 2 rings (SSSR count). The van der Waals surface area contributed by atoms with Crippen LogP contribution >= 0.6 is 0 Å². The lowest BCUT2D eigenvalue weighted by Gasteiger charge is -2.29. The molecule has 4 heteroatoms. The normalized spacial score (nSPS) is 29.0. The zero-order valence-corrected chi connectivity index (χ0v) is 7.42. The molecule has 0 amide bonds. The van der Waals surface area contributed by atoms with Crippen LogP contribution in [0.15, 0.2) is 17.0 Å². The molecule has 1 aliphatic heterocycles. The molecule has 1 fully saturated rings. The molecular formula is C9H13FN2O. The molecule has 1 aliphatic rings. The van der Waals surface area contributed by atoms with E-state index in [1.54, 1.807) is 6.20 Å². The molecule has 0 radical (unpaired) electrons. The lowest BCUT2D eigenvalue weighted by atomic mass is 9.92. The van der Waals surface area contributed by atoms with Crippen molar-refractivity contribution in [3.8, 4) is 0 Å². The monoisotopic (exact) mass is 184 g/mol. The van der Waals surface area contributed by atoms with Crippen molar-refractivity contribution in [3.05, 3.63) is 18.4 Å². The molecule has 72 valence electrons. The van der Waals surface area contributed by atoms with E-state index < -0.39 is 5.67 Å². The molecule has 3 nitrogen and oxygen atoms in total. The van der Waals surface area contributed by atoms with E-state index in [0.717, 1.165) is 13.0 Å². The Kier molecular flexibility index (Phi) is 2.31. The van der Waals surface area contributed by atoms with Crippen LogP contribution in [0, 0.1) is 0 Å². The van der Waals surface area contributed by atoms with Gasteiger partial charge in [0.2, 0.25) is 0 Å². The average molecular weight is 184 g/mol.